The van der Waals surface area contributed by atoms with Gasteiger partial charge in [0.1, 0.15) is 11.2 Å². The molecule has 2 bridgehead atoms. The van der Waals surface area contributed by atoms with Crippen LogP contribution in [0.4, 0.5) is 0 Å². The van der Waals surface area contributed by atoms with Gasteiger partial charge < -0.3 is 4.42 Å². The van der Waals surface area contributed by atoms with Gasteiger partial charge in [0, 0.05) is 5.56 Å². The molecular formula is C13H16O. The van der Waals surface area contributed by atoms with Gasteiger partial charge in [0.25, 0.3) is 0 Å². The molecule has 1 fully saturated rings. The number of rotatable bonds is 1. The van der Waals surface area contributed by atoms with Gasteiger partial charge in [0.05, 0.1) is 0 Å². The normalized spacial score (nSPS) is 21.8. The van der Waals surface area contributed by atoms with Crippen molar-refractivity contribution in [2.45, 2.75) is 44.4 Å². The third kappa shape index (κ3) is 1.08. The molecule has 1 saturated carbocycles. The molecule has 0 N–H and O–H groups in total. The topological polar surface area (TPSA) is 13.1 Å². The van der Waals surface area contributed by atoms with E-state index in [2.05, 4.69) is 25.1 Å². The molecule has 14 heavy (non-hydrogen) atoms. The SMILES string of the molecule is CC1(c2cc3ccc2o3)CCCCC1. The summed E-state index contributed by atoms with van der Waals surface area (Å²) in [5, 5.41) is 0. The second-order valence-corrected chi connectivity index (χ2v) is 4.88. The van der Waals surface area contributed by atoms with Gasteiger partial charge >= 0.3 is 0 Å². The molecule has 0 amide bonds. The van der Waals surface area contributed by atoms with Gasteiger partial charge in [-0.1, -0.05) is 26.2 Å². The smallest absolute Gasteiger partial charge is 0.131 e. The van der Waals surface area contributed by atoms with Crippen LogP contribution >= 0.6 is 0 Å². The molecule has 0 saturated heterocycles. The van der Waals surface area contributed by atoms with Gasteiger partial charge in [-0.3, -0.25) is 0 Å². The third-order valence-electron chi connectivity index (χ3n) is 3.79. The van der Waals surface area contributed by atoms with Crippen LogP contribution < -0.4 is 0 Å². The molecular weight excluding hydrogens is 172 g/mol. The van der Waals surface area contributed by atoms with E-state index < -0.39 is 0 Å². The van der Waals surface area contributed by atoms with E-state index in [1.165, 1.54) is 37.7 Å². The van der Waals surface area contributed by atoms with Crippen molar-refractivity contribution in [1.82, 2.24) is 0 Å². The Morgan fingerprint density at radius 2 is 1.93 bits per heavy atom. The highest BCUT2D eigenvalue weighted by Crippen LogP contribution is 2.42. The van der Waals surface area contributed by atoms with Crippen molar-refractivity contribution in [3.8, 4) is 0 Å². The Morgan fingerprint density at radius 1 is 1.14 bits per heavy atom. The van der Waals surface area contributed by atoms with Crippen LogP contribution in [0.3, 0.4) is 0 Å². The Bertz CT molecular complexity index is 420. The number of benzene rings is 1. The summed E-state index contributed by atoms with van der Waals surface area (Å²) in [5.74, 6) is 0. The van der Waals surface area contributed by atoms with Crippen molar-refractivity contribution in [3.05, 3.63) is 23.8 Å². The van der Waals surface area contributed by atoms with Crippen LogP contribution in [-0.4, -0.2) is 0 Å². The van der Waals surface area contributed by atoms with Gasteiger partial charge in [0.2, 0.25) is 0 Å². The van der Waals surface area contributed by atoms with Crippen LogP contribution in [-0.2, 0) is 5.41 Å². The number of furan rings is 2. The first-order valence-corrected chi connectivity index (χ1v) is 5.60. The highest BCUT2D eigenvalue weighted by atomic mass is 16.3. The van der Waals surface area contributed by atoms with Crippen LogP contribution in [0.5, 0.6) is 0 Å². The van der Waals surface area contributed by atoms with Gasteiger partial charge in [0.15, 0.2) is 0 Å². The lowest BCUT2D eigenvalue weighted by atomic mass is 9.71. The van der Waals surface area contributed by atoms with E-state index >= 15 is 0 Å². The maximum Gasteiger partial charge on any atom is 0.131 e. The Hall–Kier alpha value is -0.980. The lowest BCUT2D eigenvalue weighted by Crippen LogP contribution is -2.24. The minimum absolute atomic E-state index is 0.389. The summed E-state index contributed by atoms with van der Waals surface area (Å²) in [6.45, 7) is 2.39. The molecule has 1 nitrogen and oxygen atoms in total. The van der Waals surface area contributed by atoms with Crippen LogP contribution in [0.1, 0.15) is 44.6 Å². The zero-order valence-electron chi connectivity index (χ0n) is 8.68. The van der Waals surface area contributed by atoms with E-state index in [1.54, 1.807) is 0 Å². The fourth-order valence-electron chi connectivity index (χ4n) is 2.86. The molecule has 0 aromatic carbocycles. The van der Waals surface area contributed by atoms with Gasteiger partial charge in [-0.25, -0.2) is 0 Å². The summed E-state index contributed by atoms with van der Waals surface area (Å²) in [5.41, 5.74) is 4.00. The molecule has 3 rings (SSSR count). The van der Waals surface area contributed by atoms with Gasteiger partial charge in [-0.15, -0.1) is 0 Å². The number of hydrogen-bond acceptors (Lipinski definition) is 1. The summed E-state index contributed by atoms with van der Waals surface area (Å²) in [6, 6.07) is 6.41. The Labute approximate surface area is 84.4 Å². The largest absolute Gasteiger partial charge is 0.457 e. The highest BCUT2D eigenvalue weighted by Gasteiger charge is 2.31. The Kier molecular flexibility index (Phi) is 1.64. The van der Waals surface area contributed by atoms with Crippen LogP contribution in [0.2, 0.25) is 0 Å². The molecule has 0 unspecified atom stereocenters. The van der Waals surface area contributed by atoms with Crippen molar-refractivity contribution in [2.24, 2.45) is 0 Å². The maximum atomic E-state index is 5.63. The molecule has 1 aliphatic carbocycles. The second kappa shape index (κ2) is 2.75. The molecule has 1 heteroatoms. The van der Waals surface area contributed by atoms with Crippen molar-refractivity contribution in [3.63, 3.8) is 0 Å². The second-order valence-electron chi connectivity index (χ2n) is 4.88. The molecule has 2 aromatic rings. The average molecular weight is 188 g/mol. The first-order valence-electron chi connectivity index (χ1n) is 5.60. The quantitative estimate of drug-likeness (QED) is 0.657. The lowest BCUT2D eigenvalue weighted by molar-refractivity contribution is 0.321. The average Bonchev–Trinajstić information content (AvgIpc) is 2.80. The molecule has 0 radical (unpaired) electrons. The van der Waals surface area contributed by atoms with Crippen LogP contribution in [0.25, 0.3) is 11.2 Å². The summed E-state index contributed by atoms with van der Waals surface area (Å²) >= 11 is 0. The van der Waals surface area contributed by atoms with Crippen molar-refractivity contribution < 1.29 is 4.42 Å². The zero-order valence-corrected chi connectivity index (χ0v) is 8.68. The fourth-order valence-corrected chi connectivity index (χ4v) is 2.86. The van der Waals surface area contributed by atoms with Gasteiger partial charge in [-0.2, -0.15) is 0 Å². The van der Waals surface area contributed by atoms with E-state index in [9.17, 15) is 0 Å². The van der Waals surface area contributed by atoms with Crippen molar-refractivity contribution in [1.29, 1.82) is 0 Å². The molecule has 0 spiro atoms. The van der Waals surface area contributed by atoms with E-state index in [0.29, 0.717) is 5.41 Å². The molecule has 2 aromatic heterocycles. The summed E-state index contributed by atoms with van der Waals surface area (Å²) in [4.78, 5) is 0. The Balaban J connectivity index is 2.03. The lowest BCUT2D eigenvalue weighted by Gasteiger charge is -2.33. The Morgan fingerprint density at radius 3 is 2.50 bits per heavy atom. The summed E-state index contributed by atoms with van der Waals surface area (Å²) in [7, 11) is 0. The molecule has 2 heterocycles. The van der Waals surface area contributed by atoms with E-state index in [1.807, 2.05) is 0 Å². The first-order chi connectivity index (χ1) is 6.78. The van der Waals surface area contributed by atoms with Crippen LogP contribution in [0.15, 0.2) is 22.6 Å². The van der Waals surface area contributed by atoms with E-state index in [4.69, 9.17) is 4.42 Å². The molecule has 0 aliphatic heterocycles. The van der Waals surface area contributed by atoms with E-state index in [-0.39, 0.29) is 0 Å². The molecule has 1 aliphatic rings. The molecule has 0 atom stereocenters. The summed E-state index contributed by atoms with van der Waals surface area (Å²) in [6.07, 6.45) is 6.81. The maximum absolute atomic E-state index is 5.63. The van der Waals surface area contributed by atoms with Crippen molar-refractivity contribution in [2.75, 3.05) is 0 Å². The minimum Gasteiger partial charge on any atom is -0.457 e. The minimum atomic E-state index is 0.389. The number of hydrogen-bond donors (Lipinski definition) is 0. The first kappa shape index (κ1) is 8.34. The van der Waals surface area contributed by atoms with E-state index in [0.717, 1.165) is 11.2 Å². The summed E-state index contributed by atoms with van der Waals surface area (Å²) < 4.78 is 5.63. The monoisotopic (exact) mass is 188 g/mol. The van der Waals surface area contributed by atoms with Crippen LogP contribution in [0, 0.1) is 0 Å². The fraction of sp³-hybridized carbons (Fsp3) is 0.538. The highest BCUT2D eigenvalue weighted by molar-refractivity contribution is 5.67. The third-order valence-corrected chi connectivity index (χ3v) is 3.79. The predicted octanol–water partition coefficient (Wildman–Crippen LogP) is 4.09. The number of fused-ring (bicyclic) bond motifs is 2. The van der Waals surface area contributed by atoms with Gasteiger partial charge in [-0.05, 0) is 36.5 Å². The predicted molar refractivity (Wildman–Crippen MR) is 57.8 cm³/mol. The molecule has 74 valence electrons. The van der Waals surface area contributed by atoms with Crippen molar-refractivity contribution >= 4 is 11.2 Å². The standard InChI is InChI=1S/C13H16O/c1-13(7-3-2-4-8-13)11-9-10-5-6-12(11)14-10/h5-6,9H,2-4,7-8H2,1H3. The zero-order chi connectivity index (χ0) is 9.60.